The number of aromatic amines is 1. The highest BCUT2D eigenvalue weighted by molar-refractivity contribution is 5.93. The number of carbonyl (C=O) groups excluding carboxylic acids is 1. The number of aromatic nitrogens is 2. The SMILES string of the molecule is O=C(c1cc(-c2ccccc2O)n[nH]1)N1CCC(c2ccccc2)CC1. The molecule has 5 nitrogen and oxygen atoms in total. The summed E-state index contributed by atoms with van der Waals surface area (Å²) in [5, 5.41) is 17.0. The van der Waals surface area contributed by atoms with Crippen molar-refractivity contribution < 1.29 is 9.90 Å². The summed E-state index contributed by atoms with van der Waals surface area (Å²) < 4.78 is 0. The summed E-state index contributed by atoms with van der Waals surface area (Å²) in [7, 11) is 0. The lowest BCUT2D eigenvalue weighted by Crippen LogP contribution is -2.38. The van der Waals surface area contributed by atoms with E-state index in [9.17, 15) is 9.90 Å². The number of phenols is 1. The predicted molar refractivity (Wildman–Crippen MR) is 100 cm³/mol. The van der Waals surface area contributed by atoms with E-state index in [1.807, 2.05) is 17.0 Å². The Bertz CT molecular complexity index is 896. The Kier molecular flexibility index (Phi) is 4.44. The summed E-state index contributed by atoms with van der Waals surface area (Å²) in [6.45, 7) is 1.48. The van der Waals surface area contributed by atoms with Crippen LogP contribution in [0, 0.1) is 0 Å². The van der Waals surface area contributed by atoms with Crippen LogP contribution >= 0.6 is 0 Å². The van der Waals surface area contributed by atoms with Gasteiger partial charge in [-0.05, 0) is 42.5 Å². The third kappa shape index (κ3) is 3.20. The molecule has 0 unspecified atom stereocenters. The first-order chi connectivity index (χ1) is 12.7. The van der Waals surface area contributed by atoms with Crippen molar-refractivity contribution in [3.8, 4) is 17.0 Å². The van der Waals surface area contributed by atoms with Gasteiger partial charge < -0.3 is 10.0 Å². The highest BCUT2D eigenvalue weighted by Gasteiger charge is 2.25. The normalized spacial score (nSPS) is 15.2. The second-order valence-electron chi connectivity index (χ2n) is 6.66. The molecule has 0 bridgehead atoms. The van der Waals surface area contributed by atoms with Gasteiger partial charge in [-0.1, -0.05) is 42.5 Å². The summed E-state index contributed by atoms with van der Waals surface area (Å²) in [6, 6.07) is 19.2. The minimum Gasteiger partial charge on any atom is -0.507 e. The van der Waals surface area contributed by atoms with E-state index < -0.39 is 0 Å². The number of amides is 1. The fourth-order valence-corrected chi connectivity index (χ4v) is 3.57. The van der Waals surface area contributed by atoms with Crippen LogP contribution in [0.1, 0.15) is 34.8 Å². The van der Waals surface area contributed by atoms with E-state index in [0.717, 1.165) is 25.9 Å². The molecule has 1 aliphatic heterocycles. The number of piperidine rings is 1. The highest BCUT2D eigenvalue weighted by atomic mass is 16.3. The lowest BCUT2D eigenvalue weighted by atomic mass is 9.89. The Morgan fingerprint density at radius 1 is 1.04 bits per heavy atom. The number of para-hydroxylation sites is 1. The van der Waals surface area contributed by atoms with E-state index in [0.29, 0.717) is 22.9 Å². The van der Waals surface area contributed by atoms with E-state index in [1.165, 1.54) is 5.56 Å². The number of hydrogen-bond acceptors (Lipinski definition) is 3. The van der Waals surface area contributed by atoms with Gasteiger partial charge >= 0.3 is 0 Å². The molecule has 0 saturated carbocycles. The van der Waals surface area contributed by atoms with Gasteiger partial charge in [-0.25, -0.2) is 0 Å². The maximum absolute atomic E-state index is 12.8. The largest absolute Gasteiger partial charge is 0.507 e. The third-order valence-corrected chi connectivity index (χ3v) is 5.04. The van der Waals surface area contributed by atoms with Crippen molar-refractivity contribution in [2.45, 2.75) is 18.8 Å². The molecule has 1 aliphatic rings. The second-order valence-corrected chi connectivity index (χ2v) is 6.66. The average molecular weight is 347 g/mol. The minimum absolute atomic E-state index is 0.0364. The average Bonchev–Trinajstić information content (AvgIpc) is 3.18. The highest BCUT2D eigenvalue weighted by Crippen LogP contribution is 2.30. The van der Waals surface area contributed by atoms with E-state index in [-0.39, 0.29) is 11.7 Å². The van der Waals surface area contributed by atoms with Crippen molar-refractivity contribution in [3.05, 3.63) is 71.9 Å². The summed E-state index contributed by atoms with van der Waals surface area (Å²) >= 11 is 0. The number of aromatic hydroxyl groups is 1. The second kappa shape index (κ2) is 7.04. The quantitative estimate of drug-likeness (QED) is 0.757. The van der Waals surface area contributed by atoms with Gasteiger partial charge in [0.15, 0.2) is 0 Å². The van der Waals surface area contributed by atoms with Gasteiger partial charge in [0.05, 0.1) is 5.69 Å². The molecule has 4 rings (SSSR count). The number of rotatable bonds is 3. The van der Waals surface area contributed by atoms with Crippen LogP contribution in [0.15, 0.2) is 60.7 Å². The molecule has 1 aromatic heterocycles. The molecule has 132 valence electrons. The number of H-pyrrole nitrogens is 1. The van der Waals surface area contributed by atoms with Gasteiger partial charge in [0, 0.05) is 18.7 Å². The van der Waals surface area contributed by atoms with Gasteiger partial charge in [0.2, 0.25) is 0 Å². The number of benzene rings is 2. The molecule has 0 aliphatic carbocycles. The van der Waals surface area contributed by atoms with Crippen LogP contribution in [0.4, 0.5) is 0 Å². The third-order valence-electron chi connectivity index (χ3n) is 5.04. The smallest absolute Gasteiger partial charge is 0.271 e. The number of nitrogens with zero attached hydrogens (tertiary/aromatic N) is 2. The minimum atomic E-state index is -0.0364. The first-order valence-corrected chi connectivity index (χ1v) is 8.90. The van der Waals surface area contributed by atoms with Gasteiger partial charge in [0.1, 0.15) is 11.4 Å². The molecular weight excluding hydrogens is 326 g/mol. The molecule has 2 heterocycles. The molecular formula is C21H21N3O2. The van der Waals surface area contributed by atoms with Crippen LogP contribution < -0.4 is 0 Å². The lowest BCUT2D eigenvalue weighted by Gasteiger charge is -2.31. The van der Waals surface area contributed by atoms with Crippen molar-refractivity contribution in [3.63, 3.8) is 0 Å². The molecule has 0 radical (unpaired) electrons. The number of nitrogens with one attached hydrogen (secondary N) is 1. The molecule has 3 aromatic rings. The fourth-order valence-electron chi connectivity index (χ4n) is 3.57. The number of carbonyl (C=O) groups is 1. The van der Waals surface area contributed by atoms with E-state index in [2.05, 4.69) is 34.5 Å². The molecule has 2 aromatic carbocycles. The van der Waals surface area contributed by atoms with Crippen molar-refractivity contribution in [2.75, 3.05) is 13.1 Å². The van der Waals surface area contributed by atoms with Crippen molar-refractivity contribution in [1.82, 2.24) is 15.1 Å². The topological polar surface area (TPSA) is 69.2 Å². The van der Waals surface area contributed by atoms with E-state index >= 15 is 0 Å². The predicted octanol–water partition coefficient (Wildman–Crippen LogP) is 3.80. The Hall–Kier alpha value is -3.08. The van der Waals surface area contributed by atoms with Crippen LogP contribution in [0.5, 0.6) is 5.75 Å². The maximum atomic E-state index is 12.8. The van der Waals surface area contributed by atoms with Gasteiger partial charge in [-0.3, -0.25) is 9.89 Å². The molecule has 1 fully saturated rings. The Morgan fingerprint density at radius 2 is 1.73 bits per heavy atom. The van der Waals surface area contributed by atoms with Crippen LogP contribution in [-0.2, 0) is 0 Å². The molecule has 1 amide bonds. The number of hydrogen-bond donors (Lipinski definition) is 2. The zero-order chi connectivity index (χ0) is 17.9. The lowest BCUT2D eigenvalue weighted by molar-refractivity contribution is 0.0707. The number of phenolic OH excluding ortho intramolecular Hbond substituents is 1. The van der Waals surface area contributed by atoms with Crippen LogP contribution in [0.3, 0.4) is 0 Å². The molecule has 1 saturated heterocycles. The molecule has 0 atom stereocenters. The van der Waals surface area contributed by atoms with Crippen molar-refractivity contribution in [2.24, 2.45) is 0 Å². The van der Waals surface area contributed by atoms with Crippen LogP contribution in [0.2, 0.25) is 0 Å². The monoisotopic (exact) mass is 347 g/mol. The van der Waals surface area contributed by atoms with E-state index in [1.54, 1.807) is 24.3 Å². The zero-order valence-corrected chi connectivity index (χ0v) is 14.4. The summed E-state index contributed by atoms with van der Waals surface area (Å²) in [5.41, 5.74) is 3.00. The number of likely N-dealkylation sites (tertiary alicyclic amines) is 1. The molecule has 2 N–H and O–H groups in total. The van der Waals surface area contributed by atoms with Crippen molar-refractivity contribution in [1.29, 1.82) is 0 Å². The maximum Gasteiger partial charge on any atom is 0.271 e. The fraction of sp³-hybridized carbons (Fsp3) is 0.238. The summed E-state index contributed by atoms with van der Waals surface area (Å²) in [6.07, 6.45) is 1.94. The zero-order valence-electron chi connectivity index (χ0n) is 14.4. The first kappa shape index (κ1) is 16.4. The first-order valence-electron chi connectivity index (χ1n) is 8.90. The molecule has 26 heavy (non-hydrogen) atoms. The Labute approximate surface area is 152 Å². The van der Waals surface area contributed by atoms with Crippen LogP contribution in [-0.4, -0.2) is 39.2 Å². The summed E-state index contributed by atoms with van der Waals surface area (Å²) in [5.74, 6) is 0.631. The molecule has 5 heteroatoms. The van der Waals surface area contributed by atoms with Gasteiger partial charge in [0.25, 0.3) is 5.91 Å². The molecule has 0 spiro atoms. The van der Waals surface area contributed by atoms with Gasteiger partial charge in [-0.2, -0.15) is 5.10 Å². The van der Waals surface area contributed by atoms with Crippen molar-refractivity contribution >= 4 is 5.91 Å². The Balaban J connectivity index is 1.44. The Morgan fingerprint density at radius 3 is 2.46 bits per heavy atom. The van der Waals surface area contributed by atoms with Crippen LogP contribution in [0.25, 0.3) is 11.3 Å². The van der Waals surface area contributed by atoms with Gasteiger partial charge in [-0.15, -0.1) is 0 Å². The van der Waals surface area contributed by atoms with E-state index in [4.69, 9.17) is 0 Å². The summed E-state index contributed by atoms with van der Waals surface area (Å²) in [4.78, 5) is 14.6. The standard InChI is InChI=1S/C21H21N3O2/c25-20-9-5-4-8-17(20)18-14-19(23-22-18)21(26)24-12-10-16(11-13-24)15-6-2-1-3-7-15/h1-9,14,16,25H,10-13H2,(H,22,23).